The fourth-order valence-corrected chi connectivity index (χ4v) is 0.992. The Labute approximate surface area is 72.6 Å². The van der Waals surface area contributed by atoms with E-state index in [9.17, 15) is 4.79 Å². The molecule has 0 amide bonds. The maximum atomic E-state index is 10.4. The molecule has 0 saturated heterocycles. The third-order valence-corrected chi connectivity index (χ3v) is 1.63. The van der Waals surface area contributed by atoms with Crippen LogP contribution in [0.25, 0.3) is 0 Å². The molecule has 1 rings (SSSR count). The van der Waals surface area contributed by atoms with Crippen molar-refractivity contribution in [2.75, 3.05) is 0 Å². The molecule has 12 heavy (non-hydrogen) atoms. The van der Waals surface area contributed by atoms with Crippen molar-refractivity contribution in [1.29, 1.82) is 0 Å². The highest BCUT2D eigenvalue weighted by molar-refractivity contribution is 6.34. The first-order valence-corrected chi connectivity index (χ1v) is 3.35. The number of carboxylic acids is 1. The second kappa shape index (κ2) is 2.91. The number of benzene rings is 1. The first kappa shape index (κ1) is 8.67. The molecule has 0 heterocycles. The van der Waals surface area contributed by atoms with Gasteiger partial charge in [-0.15, -0.1) is 0 Å². The van der Waals surface area contributed by atoms with E-state index < -0.39 is 23.0 Å². The summed E-state index contributed by atoms with van der Waals surface area (Å²) in [7, 11) is 0. The molecule has 0 aliphatic rings. The van der Waals surface area contributed by atoms with Gasteiger partial charge in [-0.3, -0.25) is 0 Å². The molecule has 0 aromatic heterocycles. The van der Waals surface area contributed by atoms with Crippen LogP contribution in [0.4, 0.5) is 0 Å². The van der Waals surface area contributed by atoms with E-state index in [1.165, 1.54) is 6.07 Å². The summed E-state index contributed by atoms with van der Waals surface area (Å²) in [6.45, 7) is 0. The molecular weight excluding hydrogens is 184 g/mol. The summed E-state index contributed by atoms with van der Waals surface area (Å²) >= 11 is 5.44. The minimum absolute atomic E-state index is 0.113. The molecule has 0 spiro atoms. The van der Waals surface area contributed by atoms with Crippen LogP contribution in [0, 0.1) is 0 Å². The van der Waals surface area contributed by atoms with E-state index in [2.05, 4.69) is 0 Å². The number of carboxylic acid groups (broad SMARTS) is 1. The highest BCUT2D eigenvalue weighted by Gasteiger charge is 2.16. The molecule has 0 atom stereocenters. The van der Waals surface area contributed by atoms with Crippen LogP contribution in [0.15, 0.2) is 12.1 Å². The van der Waals surface area contributed by atoms with Gasteiger partial charge in [-0.1, -0.05) is 11.6 Å². The number of hydrogen-bond acceptors (Lipinski definition) is 3. The Morgan fingerprint density at radius 2 is 1.92 bits per heavy atom. The average Bonchev–Trinajstić information content (AvgIpc) is 1.97. The van der Waals surface area contributed by atoms with Gasteiger partial charge in [0.2, 0.25) is 0 Å². The van der Waals surface area contributed by atoms with Crippen molar-refractivity contribution < 1.29 is 20.1 Å². The van der Waals surface area contributed by atoms with Gasteiger partial charge in [0.25, 0.3) is 0 Å². The molecule has 5 heteroatoms. The van der Waals surface area contributed by atoms with E-state index in [0.29, 0.717) is 0 Å². The third-order valence-electron chi connectivity index (χ3n) is 1.32. The van der Waals surface area contributed by atoms with E-state index >= 15 is 0 Å². The van der Waals surface area contributed by atoms with Gasteiger partial charge in [-0.2, -0.15) is 0 Å². The van der Waals surface area contributed by atoms with E-state index in [0.717, 1.165) is 6.07 Å². The maximum absolute atomic E-state index is 10.4. The van der Waals surface area contributed by atoms with Crippen LogP contribution in [0.3, 0.4) is 0 Å². The summed E-state index contributed by atoms with van der Waals surface area (Å²) in [5, 5.41) is 26.3. The number of aromatic hydroxyl groups is 2. The lowest BCUT2D eigenvalue weighted by Crippen LogP contribution is -1.97. The number of halogens is 1. The van der Waals surface area contributed by atoms with Crippen molar-refractivity contribution >= 4 is 17.6 Å². The third kappa shape index (κ3) is 1.29. The van der Waals surface area contributed by atoms with Gasteiger partial charge in [0, 0.05) is 0 Å². The topological polar surface area (TPSA) is 77.8 Å². The Morgan fingerprint density at radius 1 is 1.33 bits per heavy atom. The van der Waals surface area contributed by atoms with E-state index in [-0.39, 0.29) is 5.02 Å². The molecular formula is C7H5ClO4. The van der Waals surface area contributed by atoms with Crippen molar-refractivity contribution in [3.8, 4) is 11.5 Å². The number of phenolic OH excluding ortho intramolecular Hbond substituents is 1. The van der Waals surface area contributed by atoms with Gasteiger partial charge in [-0.05, 0) is 12.1 Å². The summed E-state index contributed by atoms with van der Waals surface area (Å²) in [6.07, 6.45) is 0. The lowest BCUT2D eigenvalue weighted by atomic mass is 10.2. The molecule has 64 valence electrons. The summed E-state index contributed by atoms with van der Waals surface area (Å²) in [5.74, 6) is -2.60. The average molecular weight is 189 g/mol. The van der Waals surface area contributed by atoms with Gasteiger partial charge in [0.15, 0.2) is 11.5 Å². The molecule has 0 radical (unpaired) electrons. The summed E-state index contributed by atoms with van der Waals surface area (Å²) < 4.78 is 0. The molecule has 0 fully saturated rings. The van der Waals surface area contributed by atoms with Gasteiger partial charge in [0.1, 0.15) is 5.56 Å². The zero-order valence-electron chi connectivity index (χ0n) is 5.78. The SMILES string of the molecule is O=C(O)c1c(Cl)ccc(O)c1O. The van der Waals surface area contributed by atoms with E-state index in [4.69, 9.17) is 26.9 Å². The Bertz CT molecular complexity index is 334. The Morgan fingerprint density at radius 3 is 2.33 bits per heavy atom. The van der Waals surface area contributed by atoms with Crippen LogP contribution < -0.4 is 0 Å². The summed E-state index contributed by atoms with van der Waals surface area (Å²) in [6, 6.07) is 2.31. The molecule has 1 aromatic rings. The lowest BCUT2D eigenvalue weighted by molar-refractivity contribution is 0.0693. The fraction of sp³-hybridized carbons (Fsp3) is 0. The molecule has 0 aliphatic heterocycles. The number of carbonyl (C=O) groups is 1. The van der Waals surface area contributed by atoms with Crippen LogP contribution in [-0.4, -0.2) is 21.3 Å². The Kier molecular flexibility index (Phi) is 2.10. The monoisotopic (exact) mass is 188 g/mol. The predicted molar refractivity (Wildman–Crippen MR) is 41.7 cm³/mol. The Hall–Kier alpha value is -1.42. The lowest BCUT2D eigenvalue weighted by Gasteiger charge is -2.02. The number of aromatic carboxylic acids is 1. The maximum Gasteiger partial charge on any atom is 0.341 e. The van der Waals surface area contributed by atoms with Crippen LogP contribution in [0.5, 0.6) is 11.5 Å². The van der Waals surface area contributed by atoms with Gasteiger partial charge < -0.3 is 15.3 Å². The molecule has 0 saturated carbocycles. The van der Waals surface area contributed by atoms with Gasteiger partial charge >= 0.3 is 5.97 Å². The number of hydrogen-bond donors (Lipinski definition) is 3. The van der Waals surface area contributed by atoms with Crippen molar-refractivity contribution in [2.45, 2.75) is 0 Å². The van der Waals surface area contributed by atoms with Crippen LogP contribution in [0.2, 0.25) is 5.02 Å². The standard InChI is InChI=1S/C7H5ClO4/c8-3-1-2-4(9)6(10)5(3)7(11)12/h1-2,9-10H,(H,11,12). The van der Waals surface area contributed by atoms with Crippen molar-refractivity contribution in [1.82, 2.24) is 0 Å². The fourth-order valence-electron chi connectivity index (χ4n) is 0.759. The van der Waals surface area contributed by atoms with Crippen molar-refractivity contribution in [3.63, 3.8) is 0 Å². The molecule has 1 aromatic carbocycles. The minimum atomic E-state index is -1.38. The van der Waals surface area contributed by atoms with Crippen molar-refractivity contribution in [2.24, 2.45) is 0 Å². The van der Waals surface area contributed by atoms with E-state index in [1.807, 2.05) is 0 Å². The van der Waals surface area contributed by atoms with Crippen LogP contribution in [-0.2, 0) is 0 Å². The first-order valence-electron chi connectivity index (χ1n) is 2.97. The molecule has 3 N–H and O–H groups in total. The second-order valence-electron chi connectivity index (χ2n) is 2.10. The highest BCUT2D eigenvalue weighted by atomic mass is 35.5. The summed E-state index contributed by atoms with van der Waals surface area (Å²) in [5.41, 5.74) is -0.489. The number of phenols is 2. The molecule has 0 unspecified atom stereocenters. The molecule has 0 bridgehead atoms. The predicted octanol–water partition coefficient (Wildman–Crippen LogP) is 1.45. The van der Waals surface area contributed by atoms with Gasteiger partial charge in [0.05, 0.1) is 5.02 Å². The first-order chi connectivity index (χ1) is 5.54. The smallest absolute Gasteiger partial charge is 0.341 e. The van der Waals surface area contributed by atoms with Crippen LogP contribution >= 0.6 is 11.6 Å². The zero-order chi connectivity index (χ0) is 9.30. The van der Waals surface area contributed by atoms with E-state index in [1.54, 1.807) is 0 Å². The highest BCUT2D eigenvalue weighted by Crippen LogP contribution is 2.33. The second-order valence-corrected chi connectivity index (χ2v) is 2.50. The molecule has 4 nitrogen and oxygen atoms in total. The van der Waals surface area contributed by atoms with Crippen molar-refractivity contribution in [3.05, 3.63) is 22.7 Å². The Balaban J connectivity index is 3.43. The summed E-state index contributed by atoms with van der Waals surface area (Å²) in [4.78, 5) is 10.4. The zero-order valence-corrected chi connectivity index (χ0v) is 6.54. The van der Waals surface area contributed by atoms with Crippen LogP contribution in [0.1, 0.15) is 10.4 Å². The minimum Gasteiger partial charge on any atom is -0.504 e. The normalized spacial score (nSPS) is 9.75. The largest absolute Gasteiger partial charge is 0.504 e. The number of rotatable bonds is 1. The van der Waals surface area contributed by atoms with Gasteiger partial charge in [-0.25, -0.2) is 4.79 Å². The molecule has 0 aliphatic carbocycles. The quantitative estimate of drug-likeness (QED) is 0.583.